The lowest BCUT2D eigenvalue weighted by Gasteiger charge is -2.43. The zero-order valence-corrected chi connectivity index (χ0v) is 13.8. The molecule has 118 valence electrons. The first-order valence-electron chi connectivity index (χ1n) is 7.45. The molecule has 2 aliphatic heterocycles. The number of carbonyl (C=O) groups excluding carboxylic acids is 1. The normalized spacial score (nSPS) is 37.0. The molecule has 3 rings (SSSR count). The first-order chi connectivity index (χ1) is 8.65. The molecule has 1 amide bonds. The SMILES string of the molecule is CC1CN2CCCC2CN1C(=O)C1CCC(N)C1.Cl.Cl. The number of rotatable bonds is 1. The van der Waals surface area contributed by atoms with Gasteiger partial charge >= 0.3 is 0 Å². The second-order valence-corrected chi connectivity index (χ2v) is 6.40. The van der Waals surface area contributed by atoms with Gasteiger partial charge in [0.05, 0.1) is 0 Å². The average molecular weight is 324 g/mol. The minimum Gasteiger partial charge on any atom is -0.337 e. The van der Waals surface area contributed by atoms with E-state index in [2.05, 4.69) is 16.7 Å². The number of nitrogens with zero attached hydrogens (tertiary/aromatic N) is 2. The van der Waals surface area contributed by atoms with Gasteiger partial charge in [0, 0.05) is 37.1 Å². The number of fused-ring (bicyclic) bond motifs is 1. The Morgan fingerprint density at radius 3 is 2.55 bits per heavy atom. The van der Waals surface area contributed by atoms with Crippen LogP contribution in [0.2, 0.25) is 0 Å². The largest absolute Gasteiger partial charge is 0.337 e. The fourth-order valence-electron chi connectivity index (χ4n) is 3.97. The zero-order chi connectivity index (χ0) is 12.7. The number of halogens is 2. The van der Waals surface area contributed by atoms with E-state index in [1.54, 1.807) is 0 Å². The predicted octanol–water partition coefficient (Wildman–Crippen LogP) is 1.65. The lowest BCUT2D eigenvalue weighted by atomic mass is 10.0. The van der Waals surface area contributed by atoms with Crippen LogP contribution in [-0.4, -0.2) is 53.5 Å². The fourth-order valence-corrected chi connectivity index (χ4v) is 3.97. The Morgan fingerprint density at radius 1 is 1.15 bits per heavy atom. The van der Waals surface area contributed by atoms with Crippen LogP contribution < -0.4 is 5.73 Å². The molecule has 1 saturated carbocycles. The third kappa shape index (κ3) is 3.41. The van der Waals surface area contributed by atoms with Gasteiger partial charge in [0.15, 0.2) is 0 Å². The minimum atomic E-state index is 0. The minimum absolute atomic E-state index is 0. The van der Waals surface area contributed by atoms with Crippen LogP contribution in [0.15, 0.2) is 0 Å². The van der Waals surface area contributed by atoms with E-state index >= 15 is 0 Å². The van der Waals surface area contributed by atoms with Crippen molar-refractivity contribution in [2.24, 2.45) is 11.7 Å². The van der Waals surface area contributed by atoms with Gasteiger partial charge < -0.3 is 10.6 Å². The molecule has 4 nitrogen and oxygen atoms in total. The van der Waals surface area contributed by atoms with Gasteiger partial charge in [0.2, 0.25) is 5.91 Å². The predicted molar refractivity (Wildman–Crippen MR) is 85.6 cm³/mol. The summed E-state index contributed by atoms with van der Waals surface area (Å²) in [4.78, 5) is 17.3. The zero-order valence-electron chi connectivity index (χ0n) is 12.2. The van der Waals surface area contributed by atoms with E-state index < -0.39 is 0 Å². The number of carbonyl (C=O) groups is 1. The van der Waals surface area contributed by atoms with Gasteiger partial charge in [0.1, 0.15) is 0 Å². The van der Waals surface area contributed by atoms with E-state index in [9.17, 15) is 4.79 Å². The van der Waals surface area contributed by atoms with Crippen molar-refractivity contribution >= 4 is 30.7 Å². The van der Waals surface area contributed by atoms with E-state index in [-0.39, 0.29) is 36.8 Å². The molecule has 3 fully saturated rings. The average Bonchev–Trinajstić information content (AvgIpc) is 2.95. The van der Waals surface area contributed by atoms with Crippen molar-refractivity contribution in [1.29, 1.82) is 0 Å². The summed E-state index contributed by atoms with van der Waals surface area (Å²) in [5.41, 5.74) is 5.93. The van der Waals surface area contributed by atoms with Crippen molar-refractivity contribution in [3.63, 3.8) is 0 Å². The van der Waals surface area contributed by atoms with Gasteiger partial charge in [-0.2, -0.15) is 0 Å². The third-order valence-electron chi connectivity index (χ3n) is 5.04. The van der Waals surface area contributed by atoms with Crippen molar-refractivity contribution in [3.05, 3.63) is 0 Å². The maximum atomic E-state index is 12.6. The number of hydrogen-bond acceptors (Lipinski definition) is 3. The topological polar surface area (TPSA) is 49.6 Å². The molecule has 2 heterocycles. The summed E-state index contributed by atoms with van der Waals surface area (Å²) in [6, 6.07) is 1.26. The molecule has 4 atom stereocenters. The maximum Gasteiger partial charge on any atom is 0.226 e. The molecule has 0 bridgehead atoms. The van der Waals surface area contributed by atoms with Crippen LogP contribution in [0.3, 0.4) is 0 Å². The highest BCUT2D eigenvalue weighted by molar-refractivity contribution is 5.85. The lowest BCUT2D eigenvalue weighted by molar-refractivity contribution is -0.141. The van der Waals surface area contributed by atoms with Crippen LogP contribution in [0.5, 0.6) is 0 Å². The molecule has 3 aliphatic rings. The summed E-state index contributed by atoms with van der Waals surface area (Å²) in [6.07, 6.45) is 5.48. The molecule has 2 saturated heterocycles. The number of nitrogens with two attached hydrogens (primary N) is 1. The molecule has 2 N–H and O–H groups in total. The second-order valence-electron chi connectivity index (χ2n) is 6.40. The summed E-state index contributed by atoms with van der Waals surface area (Å²) in [5, 5.41) is 0. The molecule has 0 aromatic rings. The van der Waals surface area contributed by atoms with E-state index in [0.29, 0.717) is 18.0 Å². The van der Waals surface area contributed by atoms with Crippen molar-refractivity contribution in [2.45, 2.75) is 57.2 Å². The van der Waals surface area contributed by atoms with Crippen molar-refractivity contribution < 1.29 is 4.79 Å². The molecule has 6 heteroatoms. The number of hydrogen-bond donors (Lipinski definition) is 1. The molecule has 0 aromatic carbocycles. The van der Waals surface area contributed by atoms with Crippen molar-refractivity contribution in [1.82, 2.24) is 9.80 Å². The van der Waals surface area contributed by atoms with Crippen molar-refractivity contribution in [3.8, 4) is 0 Å². The van der Waals surface area contributed by atoms with Crippen LogP contribution in [-0.2, 0) is 4.79 Å². The van der Waals surface area contributed by atoms with E-state index in [4.69, 9.17) is 5.73 Å². The summed E-state index contributed by atoms with van der Waals surface area (Å²) >= 11 is 0. The first kappa shape index (κ1) is 18.0. The van der Waals surface area contributed by atoms with Crippen LogP contribution in [0.1, 0.15) is 39.0 Å². The molecular formula is C14H27Cl2N3O. The molecular weight excluding hydrogens is 297 g/mol. The quantitative estimate of drug-likeness (QED) is 0.798. The van der Waals surface area contributed by atoms with Crippen LogP contribution in [0.4, 0.5) is 0 Å². The van der Waals surface area contributed by atoms with Gasteiger partial charge in [-0.05, 0) is 45.6 Å². The maximum absolute atomic E-state index is 12.6. The molecule has 4 unspecified atom stereocenters. The highest BCUT2D eigenvalue weighted by atomic mass is 35.5. The van der Waals surface area contributed by atoms with Gasteiger partial charge in [-0.15, -0.1) is 24.8 Å². The molecule has 0 spiro atoms. The lowest BCUT2D eigenvalue weighted by Crippen LogP contribution is -2.57. The Balaban J connectivity index is 0.000001000. The standard InChI is InChI=1S/C14H25N3O.2ClH/c1-10-8-16-6-2-3-13(16)9-17(10)14(18)11-4-5-12(15)7-11;;/h10-13H,2-9,15H2,1H3;2*1H. The van der Waals surface area contributed by atoms with Crippen molar-refractivity contribution in [2.75, 3.05) is 19.6 Å². The molecule has 20 heavy (non-hydrogen) atoms. The van der Waals surface area contributed by atoms with Gasteiger partial charge in [-0.1, -0.05) is 0 Å². The highest BCUT2D eigenvalue weighted by Crippen LogP contribution is 2.30. The fraction of sp³-hybridized carbons (Fsp3) is 0.929. The van der Waals surface area contributed by atoms with E-state index in [1.807, 2.05) is 0 Å². The van der Waals surface area contributed by atoms with Crippen LogP contribution in [0, 0.1) is 5.92 Å². The van der Waals surface area contributed by atoms with Crippen LogP contribution >= 0.6 is 24.8 Å². The summed E-state index contributed by atoms with van der Waals surface area (Å²) in [7, 11) is 0. The third-order valence-corrected chi connectivity index (χ3v) is 5.04. The Labute approximate surface area is 134 Å². The Bertz CT molecular complexity index is 342. The second kappa shape index (κ2) is 7.30. The van der Waals surface area contributed by atoms with Gasteiger partial charge in [0.25, 0.3) is 0 Å². The van der Waals surface area contributed by atoms with Crippen LogP contribution in [0.25, 0.3) is 0 Å². The van der Waals surface area contributed by atoms with E-state index in [1.165, 1.54) is 19.4 Å². The summed E-state index contributed by atoms with van der Waals surface area (Å²) < 4.78 is 0. The Morgan fingerprint density at radius 2 is 1.90 bits per heavy atom. The number of amides is 1. The molecule has 1 aliphatic carbocycles. The molecule has 0 radical (unpaired) electrons. The first-order valence-corrected chi connectivity index (χ1v) is 7.45. The smallest absolute Gasteiger partial charge is 0.226 e. The van der Waals surface area contributed by atoms with E-state index in [0.717, 1.165) is 32.4 Å². The summed E-state index contributed by atoms with van der Waals surface area (Å²) in [5.74, 6) is 0.581. The summed E-state index contributed by atoms with van der Waals surface area (Å²) in [6.45, 7) is 5.44. The molecule has 0 aromatic heterocycles. The Kier molecular flexibility index (Phi) is 6.58. The highest BCUT2D eigenvalue weighted by Gasteiger charge is 2.39. The van der Waals surface area contributed by atoms with Gasteiger partial charge in [-0.25, -0.2) is 0 Å². The Hall–Kier alpha value is -0.0300. The number of piperazine rings is 1. The monoisotopic (exact) mass is 323 g/mol. The van der Waals surface area contributed by atoms with Gasteiger partial charge in [-0.3, -0.25) is 9.69 Å².